The van der Waals surface area contributed by atoms with Crippen LogP contribution in [-0.4, -0.2) is 14.2 Å². The van der Waals surface area contributed by atoms with Gasteiger partial charge in [-0.15, -0.1) is 0 Å². The number of likely N-dealkylation sites (N-methyl/N-ethyl adjacent to an activating group) is 1. The molecule has 0 aliphatic carbocycles. The Morgan fingerprint density at radius 3 is 2.52 bits per heavy atom. The molecule has 0 heterocycles. The number of halogens is 3. The second-order valence-corrected chi connectivity index (χ2v) is 5.08. The van der Waals surface area contributed by atoms with Gasteiger partial charge in [0, 0.05) is 12.1 Å². The van der Waals surface area contributed by atoms with Crippen molar-refractivity contribution in [3.05, 3.63) is 64.2 Å². The molecule has 5 heteroatoms. The fraction of sp³-hybridized carbons (Fsp3) is 0.250. The Bertz CT molecular complexity index is 634. The van der Waals surface area contributed by atoms with Gasteiger partial charge in [-0.05, 0) is 42.8 Å². The Morgan fingerprint density at radius 1 is 1.19 bits per heavy atom. The van der Waals surface area contributed by atoms with Gasteiger partial charge in [-0.3, -0.25) is 0 Å². The molecule has 0 fully saturated rings. The van der Waals surface area contributed by atoms with E-state index in [0.29, 0.717) is 22.8 Å². The second-order valence-electron chi connectivity index (χ2n) is 4.68. The average Bonchev–Trinajstić information content (AvgIpc) is 2.46. The molecule has 0 spiro atoms. The van der Waals surface area contributed by atoms with Crippen LogP contribution in [0.15, 0.2) is 36.4 Å². The van der Waals surface area contributed by atoms with Gasteiger partial charge < -0.3 is 10.1 Å². The summed E-state index contributed by atoms with van der Waals surface area (Å²) in [6, 6.07) is 8.89. The molecule has 0 saturated heterocycles. The topological polar surface area (TPSA) is 21.3 Å². The number of benzene rings is 2. The number of nitrogens with one attached hydrogen (secondary N) is 1. The summed E-state index contributed by atoms with van der Waals surface area (Å²) in [4.78, 5) is 0. The molecule has 0 saturated carbocycles. The lowest BCUT2D eigenvalue weighted by molar-refractivity contribution is 0.414. The normalized spacial score (nSPS) is 12.2. The minimum absolute atomic E-state index is 0.131. The highest BCUT2D eigenvalue weighted by molar-refractivity contribution is 6.32. The predicted molar refractivity (Wildman–Crippen MR) is 79.9 cm³/mol. The molecular weight excluding hydrogens is 296 g/mol. The van der Waals surface area contributed by atoms with Gasteiger partial charge in [-0.1, -0.05) is 23.7 Å². The van der Waals surface area contributed by atoms with Gasteiger partial charge in [0.25, 0.3) is 0 Å². The first-order valence-corrected chi connectivity index (χ1v) is 6.87. The fourth-order valence-electron chi connectivity index (χ4n) is 2.19. The quantitative estimate of drug-likeness (QED) is 0.896. The molecule has 2 aromatic carbocycles. The maximum absolute atomic E-state index is 13.7. The van der Waals surface area contributed by atoms with Gasteiger partial charge >= 0.3 is 0 Å². The van der Waals surface area contributed by atoms with Crippen LogP contribution in [0.5, 0.6) is 5.75 Å². The summed E-state index contributed by atoms with van der Waals surface area (Å²) >= 11 is 6.11. The highest BCUT2D eigenvalue weighted by Crippen LogP contribution is 2.29. The summed E-state index contributed by atoms with van der Waals surface area (Å²) in [5.41, 5.74) is 1.36. The first-order chi connectivity index (χ1) is 10.0. The van der Waals surface area contributed by atoms with E-state index >= 15 is 0 Å². The average molecular weight is 312 g/mol. The first-order valence-electron chi connectivity index (χ1n) is 6.49. The summed E-state index contributed by atoms with van der Waals surface area (Å²) in [7, 11) is 3.33. The zero-order chi connectivity index (χ0) is 15.4. The molecule has 0 radical (unpaired) electrons. The molecular formula is C16H16ClF2NO. The SMILES string of the molecule is CNC(Cc1ccc(F)cc1F)c1ccc(OC)c(Cl)c1. The number of hydrogen-bond acceptors (Lipinski definition) is 2. The van der Waals surface area contributed by atoms with Gasteiger partial charge in [-0.25, -0.2) is 8.78 Å². The van der Waals surface area contributed by atoms with Gasteiger partial charge in [0.2, 0.25) is 0 Å². The van der Waals surface area contributed by atoms with Crippen LogP contribution >= 0.6 is 11.6 Å². The zero-order valence-corrected chi connectivity index (χ0v) is 12.5. The Kier molecular flexibility index (Phi) is 5.15. The van der Waals surface area contributed by atoms with Crippen LogP contribution in [0.4, 0.5) is 8.78 Å². The van der Waals surface area contributed by atoms with Crippen molar-refractivity contribution in [1.82, 2.24) is 5.32 Å². The highest BCUT2D eigenvalue weighted by atomic mass is 35.5. The monoisotopic (exact) mass is 311 g/mol. The predicted octanol–water partition coefficient (Wildman–Crippen LogP) is 4.13. The second kappa shape index (κ2) is 6.87. The Labute approximate surface area is 127 Å². The standard InChI is InChI=1S/C16H16ClF2NO/c1-20-15(8-10-3-5-12(18)9-14(10)19)11-4-6-16(21-2)13(17)7-11/h3-7,9,15,20H,8H2,1-2H3. The fourth-order valence-corrected chi connectivity index (χ4v) is 2.46. The zero-order valence-electron chi connectivity index (χ0n) is 11.8. The lowest BCUT2D eigenvalue weighted by Gasteiger charge is -2.18. The van der Waals surface area contributed by atoms with E-state index in [4.69, 9.17) is 16.3 Å². The van der Waals surface area contributed by atoms with Crippen LogP contribution in [0.1, 0.15) is 17.2 Å². The van der Waals surface area contributed by atoms with E-state index in [9.17, 15) is 8.78 Å². The van der Waals surface area contributed by atoms with Crippen molar-refractivity contribution in [2.75, 3.05) is 14.2 Å². The molecule has 112 valence electrons. The Morgan fingerprint density at radius 2 is 1.95 bits per heavy atom. The smallest absolute Gasteiger partial charge is 0.137 e. The van der Waals surface area contributed by atoms with Crippen molar-refractivity contribution < 1.29 is 13.5 Å². The minimum Gasteiger partial charge on any atom is -0.495 e. The minimum atomic E-state index is -0.579. The van der Waals surface area contributed by atoms with Crippen LogP contribution in [-0.2, 0) is 6.42 Å². The van der Waals surface area contributed by atoms with Crippen LogP contribution in [0.25, 0.3) is 0 Å². The van der Waals surface area contributed by atoms with E-state index in [2.05, 4.69) is 5.32 Å². The maximum atomic E-state index is 13.7. The molecule has 21 heavy (non-hydrogen) atoms. The van der Waals surface area contributed by atoms with Gasteiger partial charge in [-0.2, -0.15) is 0 Å². The van der Waals surface area contributed by atoms with Crippen LogP contribution < -0.4 is 10.1 Å². The summed E-state index contributed by atoms with van der Waals surface area (Å²) in [5.74, 6) is -0.539. The molecule has 1 N–H and O–H groups in total. The van der Waals surface area contributed by atoms with Crippen molar-refractivity contribution in [2.24, 2.45) is 0 Å². The molecule has 0 aromatic heterocycles. The van der Waals surface area contributed by atoms with Crippen molar-refractivity contribution in [2.45, 2.75) is 12.5 Å². The first kappa shape index (κ1) is 15.7. The number of methoxy groups -OCH3 is 1. The third-order valence-electron chi connectivity index (χ3n) is 3.37. The maximum Gasteiger partial charge on any atom is 0.137 e. The van der Waals surface area contributed by atoms with E-state index in [1.54, 1.807) is 26.3 Å². The highest BCUT2D eigenvalue weighted by Gasteiger charge is 2.15. The number of rotatable bonds is 5. The summed E-state index contributed by atoms with van der Waals surface area (Å²) < 4.78 is 31.8. The van der Waals surface area contributed by atoms with Gasteiger partial charge in [0.05, 0.1) is 12.1 Å². The molecule has 2 rings (SSSR count). The molecule has 2 aromatic rings. The third-order valence-corrected chi connectivity index (χ3v) is 3.66. The largest absolute Gasteiger partial charge is 0.495 e. The van der Waals surface area contributed by atoms with E-state index in [0.717, 1.165) is 11.6 Å². The van der Waals surface area contributed by atoms with Gasteiger partial charge in [0.15, 0.2) is 0 Å². The Hall–Kier alpha value is -1.65. The van der Waals surface area contributed by atoms with Gasteiger partial charge in [0.1, 0.15) is 17.4 Å². The van der Waals surface area contributed by atoms with Crippen molar-refractivity contribution in [1.29, 1.82) is 0 Å². The molecule has 1 unspecified atom stereocenters. The molecule has 0 aliphatic rings. The number of ether oxygens (including phenoxy) is 1. The molecule has 1 atom stereocenters. The van der Waals surface area contributed by atoms with Crippen molar-refractivity contribution in [3.63, 3.8) is 0 Å². The Balaban J connectivity index is 2.25. The molecule has 0 aliphatic heterocycles. The van der Waals surface area contributed by atoms with E-state index < -0.39 is 11.6 Å². The van der Waals surface area contributed by atoms with Crippen molar-refractivity contribution >= 4 is 11.6 Å². The van der Waals surface area contributed by atoms with Crippen LogP contribution in [0.2, 0.25) is 5.02 Å². The van der Waals surface area contributed by atoms with Crippen molar-refractivity contribution in [3.8, 4) is 5.75 Å². The summed E-state index contributed by atoms with van der Waals surface area (Å²) in [6.07, 6.45) is 0.394. The third kappa shape index (κ3) is 3.71. The van der Waals surface area contributed by atoms with E-state index in [-0.39, 0.29) is 6.04 Å². The lowest BCUT2D eigenvalue weighted by atomic mass is 9.98. The molecule has 0 amide bonds. The van der Waals surface area contributed by atoms with E-state index in [1.165, 1.54) is 12.1 Å². The molecule has 2 nitrogen and oxygen atoms in total. The van der Waals surface area contributed by atoms with E-state index in [1.807, 2.05) is 6.07 Å². The molecule has 0 bridgehead atoms. The number of hydrogen-bond donors (Lipinski definition) is 1. The summed E-state index contributed by atoms with van der Waals surface area (Å²) in [5, 5.41) is 3.61. The lowest BCUT2D eigenvalue weighted by Crippen LogP contribution is -2.19. The van der Waals surface area contributed by atoms with Crippen LogP contribution in [0.3, 0.4) is 0 Å². The van der Waals surface area contributed by atoms with Crippen LogP contribution in [0, 0.1) is 11.6 Å². The summed E-state index contributed by atoms with van der Waals surface area (Å²) in [6.45, 7) is 0.